The first-order chi connectivity index (χ1) is 15.6. The SMILES string of the molecule is O=C(CSc1nnc(-c2cccnc2)n1-c1ccc(Cl)c(Cl)c1)N1CCc2ccccc21. The van der Waals surface area contributed by atoms with Crippen molar-refractivity contribution >= 4 is 46.6 Å². The van der Waals surface area contributed by atoms with Gasteiger partial charge in [-0.05, 0) is 48.4 Å². The summed E-state index contributed by atoms with van der Waals surface area (Å²) >= 11 is 13.7. The van der Waals surface area contributed by atoms with Crippen LogP contribution in [0.2, 0.25) is 10.0 Å². The van der Waals surface area contributed by atoms with Gasteiger partial charge < -0.3 is 4.90 Å². The molecule has 0 aliphatic carbocycles. The van der Waals surface area contributed by atoms with Crippen molar-refractivity contribution in [3.63, 3.8) is 0 Å². The third-order valence-corrected chi connectivity index (χ3v) is 6.88. The maximum atomic E-state index is 13.0. The van der Waals surface area contributed by atoms with E-state index in [0.717, 1.165) is 23.4 Å². The highest BCUT2D eigenvalue weighted by molar-refractivity contribution is 7.99. The summed E-state index contributed by atoms with van der Waals surface area (Å²) < 4.78 is 1.87. The molecule has 0 saturated carbocycles. The lowest BCUT2D eigenvalue weighted by Crippen LogP contribution is -2.30. The minimum Gasteiger partial charge on any atom is -0.311 e. The highest BCUT2D eigenvalue weighted by atomic mass is 35.5. The molecule has 5 rings (SSSR count). The zero-order chi connectivity index (χ0) is 22.1. The number of rotatable bonds is 5. The number of amides is 1. The molecule has 0 bridgehead atoms. The maximum absolute atomic E-state index is 13.0. The van der Waals surface area contributed by atoms with E-state index in [9.17, 15) is 4.79 Å². The molecule has 9 heteroatoms. The van der Waals surface area contributed by atoms with Crippen LogP contribution in [0, 0.1) is 0 Å². The van der Waals surface area contributed by atoms with Crippen LogP contribution >= 0.6 is 35.0 Å². The average Bonchev–Trinajstić information content (AvgIpc) is 3.44. The number of pyridine rings is 1. The quantitative estimate of drug-likeness (QED) is 0.361. The predicted octanol–water partition coefficient (Wildman–Crippen LogP) is 5.32. The minimum atomic E-state index is 0.0339. The van der Waals surface area contributed by atoms with E-state index < -0.39 is 0 Å². The van der Waals surface area contributed by atoms with Crippen molar-refractivity contribution in [3.05, 3.63) is 82.6 Å². The van der Waals surface area contributed by atoms with Crippen molar-refractivity contribution in [2.45, 2.75) is 11.6 Å². The van der Waals surface area contributed by atoms with Gasteiger partial charge in [0.15, 0.2) is 11.0 Å². The van der Waals surface area contributed by atoms with E-state index in [2.05, 4.69) is 21.2 Å². The molecule has 1 amide bonds. The standard InChI is InChI=1S/C23H17Cl2N5OS/c24-18-8-7-17(12-19(18)25)30-22(16-5-3-10-26-13-16)27-28-23(30)32-14-21(31)29-11-9-15-4-1-2-6-20(15)29/h1-8,10,12-13H,9,11,14H2. The van der Waals surface area contributed by atoms with Crippen LogP contribution in [0.4, 0.5) is 5.69 Å². The molecule has 1 aliphatic rings. The van der Waals surface area contributed by atoms with E-state index in [0.29, 0.717) is 27.6 Å². The molecule has 6 nitrogen and oxygen atoms in total. The molecule has 3 heterocycles. The maximum Gasteiger partial charge on any atom is 0.237 e. The number of nitrogens with zero attached hydrogens (tertiary/aromatic N) is 5. The summed E-state index contributed by atoms with van der Waals surface area (Å²) in [6, 6.07) is 17.1. The van der Waals surface area contributed by atoms with E-state index in [-0.39, 0.29) is 11.7 Å². The topological polar surface area (TPSA) is 63.9 Å². The molecule has 32 heavy (non-hydrogen) atoms. The smallest absolute Gasteiger partial charge is 0.237 e. The number of carbonyl (C=O) groups is 1. The lowest BCUT2D eigenvalue weighted by molar-refractivity contribution is -0.116. The van der Waals surface area contributed by atoms with Crippen molar-refractivity contribution in [3.8, 4) is 17.1 Å². The fraction of sp³-hybridized carbons (Fsp3) is 0.130. The van der Waals surface area contributed by atoms with Crippen molar-refractivity contribution in [2.24, 2.45) is 0 Å². The first-order valence-electron chi connectivity index (χ1n) is 9.94. The van der Waals surface area contributed by atoms with Gasteiger partial charge in [0.25, 0.3) is 0 Å². The monoisotopic (exact) mass is 481 g/mol. The van der Waals surface area contributed by atoms with Crippen molar-refractivity contribution in [2.75, 3.05) is 17.2 Å². The van der Waals surface area contributed by atoms with Gasteiger partial charge >= 0.3 is 0 Å². The number of fused-ring (bicyclic) bond motifs is 1. The molecule has 0 radical (unpaired) electrons. The Labute approximate surface area is 199 Å². The molecular formula is C23H17Cl2N5OS. The molecule has 1 aliphatic heterocycles. The van der Waals surface area contributed by atoms with Gasteiger partial charge in [0.1, 0.15) is 0 Å². The summed E-state index contributed by atoms with van der Waals surface area (Å²) in [6.45, 7) is 0.694. The Hall–Kier alpha value is -2.87. The first kappa shape index (κ1) is 21.0. The molecular weight excluding hydrogens is 465 g/mol. The number of halogens is 2. The second-order valence-electron chi connectivity index (χ2n) is 7.19. The highest BCUT2D eigenvalue weighted by Crippen LogP contribution is 2.32. The third-order valence-electron chi connectivity index (χ3n) is 5.23. The molecule has 0 saturated heterocycles. The van der Waals surface area contributed by atoms with E-state index in [4.69, 9.17) is 23.2 Å². The molecule has 0 atom stereocenters. The van der Waals surface area contributed by atoms with Crippen LogP contribution in [-0.2, 0) is 11.2 Å². The number of para-hydroxylation sites is 1. The Bertz CT molecular complexity index is 1290. The second-order valence-corrected chi connectivity index (χ2v) is 8.95. The van der Waals surface area contributed by atoms with Gasteiger partial charge in [-0.15, -0.1) is 10.2 Å². The van der Waals surface area contributed by atoms with E-state index in [1.54, 1.807) is 24.5 Å². The number of aromatic nitrogens is 4. The number of thioether (sulfide) groups is 1. The van der Waals surface area contributed by atoms with E-state index >= 15 is 0 Å². The lowest BCUT2D eigenvalue weighted by atomic mass is 10.2. The number of anilines is 1. The molecule has 0 N–H and O–H groups in total. The summed E-state index contributed by atoms with van der Waals surface area (Å²) in [7, 11) is 0. The van der Waals surface area contributed by atoms with E-state index in [1.165, 1.54) is 17.3 Å². The zero-order valence-electron chi connectivity index (χ0n) is 16.8. The van der Waals surface area contributed by atoms with Crippen molar-refractivity contribution in [1.82, 2.24) is 19.7 Å². The minimum absolute atomic E-state index is 0.0339. The van der Waals surface area contributed by atoms with Crippen LogP contribution in [0.15, 0.2) is 72.1 Å². The second kappa shape index (κ2) is 8.94. The third kappa shape index (κ3) is 3.99. The first-order valence-corrected chi connectivity index (χ1v) is 11.7. The summed E-state index contributed by atoms with van der Waals surface area (Å²) in [5.41, 5.74) is 3.74. The summed E-state index contributed by atoms with van der Waals surface area (Å²) in [4.78, 5) is 19.0. The van der Waals surface area contributed by atoms with Crippen LogP contribution in [0.25, 0.3) is 17.1 Å². The predicted molar refractivity (Wildman–Crippen MR) is 128 cm³/mol. The largest absolute Gasteiger partial charge is 0.311 e. The van der Waals surface area contributed by atoms with Gasteiger partial charge in [-0.3, -0.25) is 14.3 Å². The van der Waals surface area contributed by atoms with Crippen molar-refractivity contribution in [1.29, 1.82) is 0 Å². The molecule has 0 spiro atoms. The van der Waals surface area contributed by atoms with Crippen LogP contribution in [-0.4, -0.2) is 38.0 Å². The lowest BCUT2D eigenvalue weighted by Gasteiger charge is -2.17. The van der Waals surface area contributed by atoms with Crippen LogP contribution < -0.4 is 4.90 Å². The highest BCUT2D eigenvalue weighted by Gasteiger charge is 2.25. The molecule has 160 valence electrons. The van der Waals surface area contributed by atoms with Crippen LogP contribution in [0.5, 0.6) is 0 Å². The molecule has 0 fully saturated rings. The normalized spacial score (nSPS) is 12.8. The van der Waals surface area contributed by atoms with Crippen LogP contribution in [0.1, 0.15) is 5.56 Å². The van der Waals surface area contributed by atoms with Gasteiger partial charge in [-0.2, -0.15) is 0 Å². The van der Waals surface area contributed by atoms with Gasteiger partial charge in [0, 0.05) is 30.2 Å². The van der Waals surface area contributed by atoms with Gasteiger partial charge in [0.05, 0.1) is 21.5 Å². The Morgan fingerprint density at radius 2 is 1.91 bits per heavy atom. The molecule has 0 unspecified atom stereocenters. The Morgan fingerprint density at radius 3 is 2.72 bits per heavy atom. The van der Waals surface area contributed by atoms with Gasteiger partial charge in [0.2, 0.25) is 5.91 Å². The Kier molecular flexibility index (Phi) is 5.87. The fourth-order valence-electron chi connectivity index (χ4n) is 3.70. The Morgan fingerprint density at radius 1 is 1.03 bits per heavy atom. The number of hydrogen-bond acceptors (Lipinski definition) is 5. The number of hydrogen-bond donors (Lipinski definition) is 0. The average molecular weight is 482 g/mol. The summed E-state index contributed by atoms with van der Waals surface area (Å²) in [6.07, 6.45) is 4.29. The fourth-order valence-corrected chi connectivity index (χ4v) is 4.82. The number of benzene rings is 2. The molecule has 2 aromatic carbocycles. The van der Waals surface area contributed by atoms with Crippen molar-refractivity contribution < 1.29 is 4.79 Å². The van der Waals surface area contributed by atoms with E-state index in [1.807, 2.05) is 45.9 Å². The van der Waals surface area contributed by atoms with Crippen LogP contribution in [0.3, 0.4) is 0 Å². The molecule has 4 aromatic rings. The Balaban J connectivity index is 1.46. The molecule has 2 aromatic heterocycles. The summed E-state index contributed by atoms with van der Waals surface area (Å²) in [5.74, 6) is 0.880. The summed E-state index contributed by atoms with van der Waals surface area (Å²) in [5, 5.41) is 10.2. The zero-order valence-corrected chi connectivity index (χ0v) is 19.1. The van der Waals surface area contributed by atoms with Gasteiger partial charge in [-0.1, -0.05) is 53.2 Å². The number of carbonyl (C=O) groups excluding carboxylic acids is 1. The van der Waals surface area contributed by atoms with Gasteiger partial charge in [-0.25, -0.2) is 0 Å².